The van der Waals surface area contributed by atoms with Crippen LogP contribution in [-0.4, -0.2) is 52.1 Å². The molecule has 18 heavy (non-hydrogen) atoms. The van der Waals surface area contributed by atoms with Gasteiger partial charge in [-0.3, -0.25) is 9.69 Å². The molecule has 2 rings (SSSR count). The van der Waals surface area contributed by atoms with E-state index in [9.17, 15) is 4.79 Å². The lowest BCUT2D eigenvalue weighted by atomic mass is 10.1. The van der Waals surface area contributed by atoms with Gasteiger partial charge in [0.15, 0.2) is 0 Å². The van der Waals surface area contributed by atoms with Crippen LogP contribution in [0.1, 0.15) is 25.6 Å². The van der Waals surface area contributed by atoms with Crippen molar-refractivity contribution in [3.63, 3.8) is 0 Å². The molecule has 0 N–H and O–H groups in total. The average Bonchev–Trinajstić information content (AvgIpc) is 2.75. The summed E-state index contributed by atoms with van der Waals surface area (Å²) in [7, 11) is 0. The van der Waals surface area contributed by atoms with Crippen LogP contribution in [0.4, 0.5) is 0 Å². The topological polar surface area (TPSA) is 62.5 Å². The zero-order chi connectivity index (χ0) is 13.1. The van der Waals surface area contributed by atoms with Crippen LogP contribution in [0.25, 0.3) is 0 Å². The number of amides is 1. The number of hydrogen-bond donors (Lipinski definition) is 0. The van der Waals surface area contributed by atoms with Crippen LogP contribution in [0, 0.1) is 12.8 Å². The van der Waals surface area contributed by atoms with Crippen molar-refractivity contribution < 1.29 is 9.21 Å². The zero-order valence-electron chi connectivity index (χ0n) is 11.2. The predicted molar refractivity (Wildman–Crippen MR) is 65.7 cm³/mol. The third-order valence-electron chi connectivity index (χ3n) is 3.10. The van der Waals surface area contributed by atoms with Crippen molar-refractivity contribution in [3.05, 3.63) is 11.8 Å². The monoisotopic (exact) mass is 252 g/mol. The Labute approximate surface area is 107 Å². The molecule has 0 atom stereocenters. The highest BCUT2D eigenvalue weighted by Crippen LogP contribution is 2.10. The Balaban J connectivity index is 1.82. The first-order valence-electron chi connectivity index (χ1n) is 6.36. The standard InChI is InChI=1S/C12H20N4O2/c1-9(2)12(17)16-6-4-15(5-7-16)8-11-14-13-10(3)18-11/h9H,4-8H2,1-3H3. The fourth-order valence-corrected chi connectivity index (χ4v) is 2.08. The van der Waals surface area contributed by atoms with E-state index in [1.807, 2.05) is 18.7 Å². The summed E-state index contributed by atoms with van der Waals surface area (Å²) in [6.07, 6.45) is 0. The van der Waals surface area contributed by atoms with E-state index in [2.05, 4.69) is 15.1 Å². The Bertz CT molecular complexity index is 408. The number of rotatable bonds is 3. The summed E-state index contributed by atoms with van der Waals surface area (Å²) < 4.78 is 5.35. The van der Waals surface area contributed by atoms with E-state index in [0.29, 0.717) is 18.3 Å². The van der Waals surface area contributed by atoms with Crippen LogP contribution < -0.4 is 0 Å². The molecule has 0 aromatic carbocycles. The highest BCUT2D eigenvalue weighted by Gasteiger charge is 2.23. The zero-order valence-corrected chi connectivity index (χ0v) is 11.2. The molecule has 0 unspecified atom stereocenters. The Hall–Kier alpha value is -1.43. The van der Waals surface area contributed by atoms with Crippen molar-refractivity contribution in [1.29, 1.82) is 0 Å². The molecule has 0 radical (unpaired) electrons. The normalized spacial score (nSPS) is 17.4. The summed E-state index contributed by atoms with van der Waals surface area (Å²) in [5.74, 6) is 1.56. The van der Waals surface area contributed by atoms with Crippen molar-refractivity contribution >= 4 is 5.91 Å². The summed E-state index contributed by atoms with van der Waals surface area (Å²) in [4.78, 5) is 16.0. The molecule has 0 spiro atoms. The van der Waals surface area contributed by atoms with Crippen molar-refractivity contribution in [2.75, 3.05) is 26.2 Å². The smallest absolute Gasteiger partial charge is 0.230 e. The van der Waals surface area contributed by atoms with Crippen molar-refractivity contribution in [1.82, 2.24) is 20.0 Å². The summed E-state index contributed by atoms with van der Waals surface area (Å²) in [5, 5.41) is 7.79. The van der Waals surface area contributed by atoms with Crippen molar-refractivity contribution in [3.8, 4) is 0 Å². The summed E-state index contributed by atoms with van der Waals surface area (Å²) >= 11 is 0. The van der Waals surface area contributed by atoms with Gasteiger partial charge in [0.05, 0.1) is 6.54 Å². The Kier molecular flexibility index (Phi) is 3.96. The molecule has 1 aromatic rings. The largest absolute Gasteiger partial charge is 0.424 e. The van der Waals surface area contributed by atoms with Crippen molar-refractivity contribution in [2.45, 2.75) is 27.3 Å². The number of aromatic nitrogens is 2. The molecule has 1 aromatic heterocycles. The molecule has 0 aliphatic carbocycles. The fraction of sp³-hybridized carbons (Fsp3) is 0.750. The highest BCUT2D eigenvalue weighted by atomic mass is 16.4. The van der Waals surface area contributed by atoms with Gasteiger partial charge < -0.3 is 9.32 Å². The molecule has 1 saturated heterocycles. The maximum absolute atomic E-state index is 11.8. The second-order valence-corrected chi connectivity index (χ2v) is 4.97. The van der Waals surface area contributed by atoms with Crippen molar-refractivity contribution in [2.24, 2.45) is 5.92 Å². The molecule has 6 heteroatoms. The van der Waals surface area contributed by atoms with Gasteiger partial charge in [-0.1, -0.05) is 13.8 Å². The van der Waals surface area contributed by atoms with Gasteiger partial charge in [0.2, 0.25) is 17.7 Å². The number of piperazine rings is 1. The third-order valence-corrected chi connectivity index (χ3v) is 3.10. The van der Waals surface area contributed by atoms with E-state index >= 15 is 0 Å². The lowest BCUT2D eigenvalue weighted by Crippen LogP contribution is -2.49. The first-order chi connectivity index (χ1) is 8.56. The van der Waals surface area contributed by atoms with Crippen LogP contribution in [0.15, 0.2) is 4.42 Å². The molecular weight excluding hydrogens is 232 g/mol. The van der Waals surface area contributed by atoms with E-state index in [1.165, 1.54) is 0 Å². The Morgan fingerprint density at radius 3 is 2.44 bits per heavy atom. The maximum Gasteiger partial charge on any atom is 0.230 e. The third kappa shape index (κ3) is 3.07. The molecule has 100 valence electrons. The SMILES string of the molecule is Cc1nnc(CN2CCN(C(=O)C(C)C)CC2)o1. The van der Waals surface area contributed by atoms with Gasteiger partial charge in [-0.15, -0.1) is 10.2 Å². The maximum atomic E-state index is 11.8. The van der Waals surface area contributed by atoms with Crippen LogP contribution in [0.3, 0.4) is 0 Å². The second kappa shape index (κ2) is 5.48. The van der Waals surface area contributed by atoms with Crippen LogP contribution in [0.2, 0.25) is 0 Å². The van der Waals surface area contributed by atoms with Gasteiger partial charge in [-0.2, -0.15) is 0 Å². The van der Waals surface area contributed by atoms with E-state index < -0.39 is 0 Å². The van der Waals surface area contributed by atoms with E-state index in [1.54, 1.807) is 6.92 Å². The highest BCUT2D eigenvalue weighted by molar-refractivity contribution is 5.78. The van der Waals surface area contributed by atoms with Gasteiger partial charge in [0.1, 0.15) is 0 Å². The molecule has 1 aliphatic rings. The quantitative estimate of drug-likeness (QED) is 0.791. The summed E-state index contributed by atoms with van der Waals surface area (Å²) in [6, 6.07) is 0. The molecular formula is C12H20N4O2. The van der Waals surface area contributed by atoms with Gasteiger partial charge in [-0.05, 0) is 0 Å². The number of carbonyl (C=O) groups excluding carboxylic acids is 1. The summed E-state index contributed by atoms with van der Waals surface area (Å²) in [5.41, 5.74) is 0. The molecule has 0 bridgehead atoms. The van der Waals surface area contributed by atoms with Crippen LogP contribution >= 0.6 is 0 Å². The Morgan fingerprint density at radius 1 is 1.28 bits per heavy atom. The Morgan fingerprint density at radius 2 is 1.94 bits per heavy atom. The minimum absolute atomic E-state index is 0.0788. The van der Waals surface area contributed by atoms with E-state index in [-0.39, 0.29) is 11.8 Å². The number of aryl methyl sites for hydroxylation is 1. The van der Waals surface area contributed by atoms with Crippen LogP contribution in [-0.2, 0) is 11.3 Å². The lowest BCUT2D eigenvalue weighted by Gasteiger charge is -2.34. The van der Waals surface area contributed by atoms with Crippen LogP contribution in [0.5, 0.6) is 0 Å². The molecule has 6 nitrogen and oxygen atoms in total. The molecule has 2 heterocycles. The van der Waals surface area contributed by atoms with Gasteiger partial charge >= 0.3 is 0 Å². The predicted octanol–water partition coefficient (Wildman–Crippen LogP) is 0.678. The van der Waals surface area contributed by atoms with E-state index in [4.69, 9.17) is 4.42 Å². The lowest BCUT2D eigenvalue weighted by molar-refractivity contribution is -0.136. The molecule has 0 saturated carbocycles. The first kappa shape index (κ1) is 13.0. The number of hydrogen-bond acceptors (Lipinski definition) is 5. The minimum atomic E-state index is 0.0788. The fourth-order valence-electron chi connectivity index (χ4n) is 2.08. The number of nitrogens with zero attached hydrogens (tertiary/aromatic N) is 4. The number of carbonyl (C=O) groups is 1. The minimum Gasteiger partial charge on any atom is -0.424 e. The molecule has 1 fully saturated rings. The molecule has 1 aliphatic heterocycles. The van der Waals surface area contributed by atoms with Gasteiger partial charge in [0.25, 0.3) is 0 Å². The average molecular weight is 252 g/mol. The first-order valence-corrected chi connectivity index (χ1v) is 6.36. The van der Waals surface area contributed by atoms with Gasteiger partial charge in [-0.25, -0.2) is 0 Å². The molecule has 1 amide bonds. The van der Waals surface area contributed by atoms with E-state index in [0.717, 1.165) is 26.2 Å². The second-order valence-electron chi connectivity index (χ2n) is 4.97. The van der Waals surface area contributed by atoms with Gasteiger partial charge in [0, 0.05) is 39.0 Å². The summed E-state index contributed by atoms with van der Waals surface area (Å²) in [6.45, 7) is 9.63.